The molecule has 0 aromatic rings. The van der Waals surface area contributed by atoms with E-state index in [1.807, 2.05) is 0 Å². The third-order valence-electron chi connectivity index (χ3n) is 4.61. The van der Waals surface area contributed by atoms with Crippen LogP contribution in [0.15, 0.2) is 0 Å². The lowest BCUT2D eigenvalue weighted by atomic mass is 9.65. The lowest BCUT2D eigenvalue weighted by Crippen LogP contribution is -2.41. The molecule has 1 fully saturated rings. The van der Waals surface area contributed by atoms with Crippen LogP contribution in [0.4, 0.5) is 8.78 Å². The van der Waals surface area contributed by atoms with E-state index in [1.54, 1.807) is 14.2 Å². The molecule has 0 heterocycles. The molecule has 0 aromatic carbocycles. The summed E-state index contributed by atoms with van der Waals surface area (Å²) in [7, 11) is 3.30. The van der Waals surface area contributed by atoms with E-state index in [0.29, 0.717) is 25.6 Å². The highest BCUT2D eigenvalue weighted by Gasteiger charge is 2.40. The van der Waals surface area contributed by atoms with Crippen molar-refractivity contribution in [3.63, 3.8) is 0 Å². The molecule has 2 nitrogen and oxygen atoms in total. The van der Waals surface area contributed by atoms with Crippen LogP contribution in [0.25, 0.3) is 0 Å². The Morgan fingerprint density at radius 2 is 1.58 bits per heavy atom. The number of hydrogen-bond donors (Lipinski definition) is 0. The minimum absolute atomic E-state index is 0.0568. The maximum Gasteiger partial charge on any atom is 0.238 e. The summed E-state index contributed by atoms with van der Waals surface area (Å²) in [6.07, 6.45) is 2.79. The van der Waals surface area contributed by atoms with E-state index >= 15 is 0 Å². The van der Waals surface area contributed by atoms with E-state index in [1.165, 1.54) is 12.8 Å². The van der Waals surface area contributed by atoms with Crippen LogP contribution in [0, 0.1) is 17.3 Å². The van der Waals surface area contributed by atoms with Gasteiger partial charge in [-0.15, -0.1) is 0 Å². The Morgan fingerprint density at radius 3 is 2.00 bits per heavy atom. The van der Waals surface area contributed by atoms with Gasteiger partial charge in [-0.1, -0.05) is 19.8 Å². The minimum atomic E-state index is -2.24. The Bertz CT molecular complexity index is 232. The lowest BCUT2D eigenvalue weighted by molar-refractivity contribution is -0.0580. The van der Waals surface area contributed by atoms with Crippen LogP contribution in [0.3, 0.4) is 0 Å². The van der Waals surface area contributed by atoms with Gasteiger partial charge in [0.1, 0.15) is 0 Å². The van der Waals surface area contributed by atoms with Crippen molar-refractivity contribution < 1.29 is 18.3 Å². The Labute approximate surface area is 115 Å². The Kier molecular flexibility index (Phi) is 7.22. The predicted octanol–water partition coefficient (Wildman–Crippen LogP) is 4.14. The summed E-state index contributed by atoms with van der Waals surface area (Å²) in [4.78, 5) is 0. The third-order valence-corrected chi connectivity index (χ3v) is 4.61. The number of hydrogen-bond acceptors (Lipinski definition) is 2. The molecule has 0 amide bonds. The van der Waals surface area contributed by atoms with Crippen LogP contribution in [-0.2, 0) is 9.47 Å². The molecule has 1 aliphatic rings. The quantitative estimate of drug-likeness (QED) is 0.664. The third kappa shape index (κ3) is 4.99. The molecule has 0 atom stereocenters. The van der Waals surface area contributed by atoms with Gasteiger partial charge in [0.15, 0.2) is 0 Å². The van der Waals surface area contributed by atoms with Gasteiger partial charge in [-0.05, 0) is 31.1 Å². The van der Waals surface area contributed by atoms with E-state index in [9.17, 15) is 8.78 Å². The zero-order valence-corrected chi connectivity index (χ0v) is 12.5. The van der Waals surface area contributed by atoms with Crippen molar-refractivity contribution in [3.05, 3.63) is 0 Å². The fraction of sp³-hybridized carbons (Fsp3) is 1.00. The smallest absolute Gasteiger partial charge is 0.238 e. The van der Waals surface area contributed by atoms with Crippen molar-refractivity contribution >= 4 is 0 Å². The van der Waals surface area contributed by atoms with E-state index in [2.05, 4.69) is 6.92 Å². The molecule has 1 rings (SSSR count). The van der Waals surface area contributed by atoms with Crippen LogP contribution in [-0.4, -0.2) is 33.9 Å². The highest BCUT2D eigenvalue weighted by atomic mass is 19.3. The molecule has 114 valence electrons. The highest BCUT2D eigenvalue weighted by Crippen LogP contribution is 2.44. The van der Waals surface area contributed by atoms with Crippen LogP contribution < -0.4 is 0 Å². The summed E-state index contributed by atoms with van der Waals surface area (Å²) in [5, 5.41) is 0. The minimum Gasteiger partial charge on any atom is -0.384 e. The van der Waals surface area contributed by atoms with E-state index < -0.39 is 6.43 Å². The molecule has 1 saturated carbocycles. The average Bonchev–Trinajstić information content (AvgIpc) is 2.37. The maximum absolute atomic E-state index is 12.6. The zero-order valence-electron chi connectivity index (χ0n) is 12.5. The number of alkyl halides is 2. The molecule has 0 radical (unpaired) electrons. The fourth-order valence-electron chi connectivity index (χ4n) is 3.47. The second-order valence-electron chi connectivity index (χ2n) is 6.11. The first kappa shape index (κ1) is 16.8. The van der Waals surface area contributed by atoms with Gasteiger partial charge in [-0.3, -0.25) is 0 Å². The molecule has 0 aromatic heterocycles. The van der Waals surface area contributed by atoms with Gasteiger partial charge in [0.05, 0.1) is 13.2 Å². The van der Waals surface area contributed by atoms with Gasteiger partial charge in [-0.2, -0.15) is 0 Å². The van der Waals surface area contributed by atoms with Crippen LogP contribution >= 0.6 is 0 Å². The molecule has 0 unspecified atom stereocenters. The summed E-state index contributed by atoms with van der Waals surface area (Å²) in [5.41, 5.74) is -0.236. The van der Waals surface area contributed by atoms with Gasteiger partial charge in [0.2, 0.25) is 6.43 Å². The lowest BCUT2D eigenvalue weighted by Gasteiger charge is -2.43. The standard InChI is InChI=1S/C15H28F2O2/c1-12-4-6-13(7-5-12)15(10-18-2,11-19-3)9-8-14(16)17/h12-14H,4-11H2,1-3H3. The zero-order chi connectivity index (χ0) is 14.3. The molecule has 0 spiro atoms. The van der Waals surface area contributed by atoms with Crippen LogP contribution in [0.5, 0.6) is 0 Å². The monoisotopic (exact) mass is 278 g/mol. The highest BCUT2D eigenvalue weighted by molar-refractivity contribution is 4.89. The Morgan fingerprint density at radius 1 is 1.05 bits per heavy atom. The largest absolute Gasteiger partial charge is 0.384 e. The second kappa shape index (κ2) is 8.15. The topological polar surface area (TPSA) is 18.5 Å². The maximum atomic E-state index is 12.6. The normalized spacial score (nSPS) is 24.9. The van der Waals surface area contributed by atoms with E-state index in [0.717, 1.165) is 18.8 Å². The van der Waals surface area contributed by atoms with Gasteiger partial charge in [0, 0.05) is 26.1 Å². The number of ether oxygens (including phenoxy) is 2. The molecule has 0 aliphatic heterocycles. The van der Waals surface area contributed by atoms with Gasteiger partial charge in [0.25, 0.3) is 0 Å². The SMILES string of the molecule is COCC(CCC(F)F)(COC)C1CCC(C)CC1. The number of halogens is 2. The molecule has 1 aliphatic carbocycles. The first-order chi connectivity index (χ1) is 9.04. The number of methoxy groups -OCH3 is 2. The fourth-order valence-corrected chi connectivity index (χ4v) is 3.47. The molecular weight excluding hydrogens is 250 g/mol. The van der Waals surface area contributed by atoms with Crippen molar-refractivity contribution in [1.29, 1.82) is 0 Å². The first-order valence-corrected chi connectivity index (χ1v) is 7.30. The van der Waals surface area contributed by atoms with Crippen molar-refractivity contribution in [3.8, 4) is 0 Å². The summed E-state index contributed by atoms with van der Waals surface area (Å²) in [6, 6.07) is 0. The second-order valence-corrected chi connectivity index (χ2v) is 6.11. The summed E-state index contributed by atoms with van der Waals surface area (Å²) >= 11 is 0. The number of rotatable bonds is 8. The predicted molar refractivity (Wildman–Crippen MR) is 72.5 cm³/mol. The van der Waals surface area contributed by atoms with Crippen molar-refractivity contribution in [1.82, 2.24) is 0 Å². The molecular formula is C15H28F2O2. The van der Waals surface area contributed by atoms with E-state index in [4.69, 9.17) is 9.47 Å². The first-order valence-electron chi connectivity index (χ1n) is 7.30. The van der Waals surface area contributed by atoms with Crippen LogP contribution in [0.2, 0.25) is 0 Å². The van der Waals surface area contributed by atoms with Gasteiger partial charge < -0.3 is 9.47 Å². The molecule has 0 N–H and O–H groups in total. The van der Waals surface area contributed by atoms with Crippen molar-refractivity contribution in [2.24, 2.45) is 17.3 Å². The Hall–Kier alpha value is -0.220. The van der Waals surface area contributed by atoms with Gasteiger partial charge >= 0.3 is 0 Å². The van der Waals surface area contributed by atoms with Gasteiger partial charge in [-0.25, -0.2) is 8.78 Å². The van der Waals surface area contributed by atoms with Crippen molar-refractivity contribution in [2.75, 3.05) is 27.4 Å². The van der Waals surface area contributed by atoms with E-state index in [-0.39, 0.29) is 11.8 Å². The molecule has 19 heavy (non-hydrogen) atoms. The molecule has 0 bridgehead atoms. The average molecular weight is 278 g/mol. The Balaban J connectivity index is 2.74. The van der Waals surface area contributed by atoms with Crippen molar-refractivity contribution in [2.45, 2.75) is 51.9 Å². The van der Waals surface area contributed by atoms with Crippen LogP contribution in [0.1, 0.15) is 45.4 Å². The molecule has 0 saturated heterocycles. The summed E-state index contributed by atoms with van der Waals surface area (Å²) in [6.45, 7) is 3.31. The summed E-state index contributed by atoms with van der Waals surface area (Å²) in [5.74, 6) is 1.21. The molecule has 4 heteroatoms. The summed E-state index contributed by atoms with van der Waals surface area (Å²) < 4.78 is 35.9.